The van der Waals surface area contributed by atoms with Crippen molar-refractivity contribution in [3.63, 3.8) is 0 Å². The summed E-state index contributed by atoms with van der Waals surface area (Å²) in [5, 5.41) is 4.07. The lowest BCUT2D eigenvalue weighted by Gasteiger charge is -2.07. The van der Waals surface area contributed by atoms with Crippen molar-refractivity contribution in [2.24, 2.45) is 7.05 Å². The molecule has 7 nitrogen and oxygen atoms in total. The number of hydrogen-bond acceptors (Lipinski definition) is 5. The van der Waals surface area contributed by atoms with Crippen molar-refractivity contribution < 1.29 is 8.42 Å². The molecule has 0 radical (unpaired) electrons. The lowest BCUT2D eigenvalue weighted by Crippen LogP contribution is -2.27. The van der Waals surface area contributed by atoms with Gasteiger partial charge in [0.25, 0.3) is 0 Å². The van der Waals surface area contributed by atoms with E-state index in [9.17, 15) is 8.42 Å². The summed E-state index contributed by atoms with van der Waals surface area (Å²) in [6.07, 6.45) is 1.99. The van der Waals surface area contributed by atoms with Crippen LogP contribution in [0.15, 0.2) is 35.5 Å². The summed E-state index contributed by atoms with van der Waals surface area (Å²) in [4.78, 5) is 4.10. The van der Waals surface area contributed by atoms with Gasteiger partial charge in [-0.3, -0.25) is 4.68 Å². The Morgan fingerprint density at radius 3 is 2.74 bits per heavy atom. The number of hydrogen-bond donors (Lipinski definition) is 2. The number of aromatic nitrogens is 3. The molecule has 19 heavy (non-hydrogen) atoms. The molecule has 0 saturated heterocycles. The maximum absolute atomic E-state index is 12.0. The Morgan fingerprint density at radius 2 is 2.11 bits per heavy atom. The van der Waals surface area contributed by atoms with Crippen LogP contribution < -0.4 is 10.5 Å². The first-order valence-electron chi connectivity index (χ1n) is 5.68. The molecule has 3 N–H and O–H groups in total. The molecule has 8 heteroatoms. The molecule has 0 aliphatic rings. The minimum absolute atomic E-state index is 0.0870. The monoisotopic (exact) mass is 281 g/mol. The Kier molecular flexibility index (Phi) is 3.82. The summed E-state index contributed by atoms with van der Waals surface area (Å²) in [6.45, 7) is 0.223. The van der Waals surface area contributed by atoms with Crippen LogP contribution in [-0.2, 0) is 23.5 Å². The summed E-state index contributed by atoms with van der Waals surface area (Å²) in [7, 11) is -1.84. The number of anilines is 1. The van der Waals surface area contributed by atoms with Gasteiger partial charge in [0.2, 0.25) is 10.0 Å². The van der Waals surface area contributed by atoms with E-state index in [0.29, 0.717) is 12.2 Å². The molecule has 0 spiro atoms. The average molecular weight is 281 g/mol. The van der Waals surface area contributed by atoms with Crippen molar-refractivity contribution in [3.05, 3.63) is 36.4 Å². The number of nitrogen functional groups attached to an aromatic ring is 1. The van der Waals surface area contributed by atoms with Gasteiger partial charge >= 0.3 is 0 Å². The molecule has 0 saturated carbocycles. The third kappa shape index (κ3) is 3.30. The number of nitrogens with zero attached hydrogens (tertiary/aromatic N) is 3. The second kappa shape index (κ2) is 5.37. The van der Waals surface area contributed by atoms with Crippen molar-refractivity contribution in [1.29, 1.82) is 0 Å². The topological polar surface area (TPSA) is 103 Å². The molecule has 102 valence electrons. The van der Waals surface area contributed by atoms with Crippen molar-refractivity contribution in [3.8, 4) is 0 Å². The smallest absolute Gasteiger partial charge is 0.242 e. The van der Waals surface area contributed by atoms with Gasteiger partial charge in [-0.2, -0.15) is 5.10 Å². The number of nitrogens with two attached hydrogens (primary N) is 1. The lowest BCUT2D eigenvalue weighted by molar-refractivity contribution is 0.581. The second-order valence-electron chi connectivity index (χ2n) is 4.02. The molecule has 1 heterocycles. The Morgan fingerprint density at radius 1 is 1.37 bits per heavy atom. The maximum Gasteiger partial charge on any atom is 0.242 e. The van der Waals surface area contributed by atoms with Crippen molar-refractivity contribution in [1.82, 2.24) is 19.5 Å². The van der Waals surface area contributed by atoms with Crippen LogP contribution in [0.25, 0.3) is 0 Å². The minimum Gasteiger partial charge on any atom is -0.398 e. The molecule has 0 aliphatic heterocycles. The van der Waals surface area contributed by atoms with Gasteiger partial charge in [-0.15, -0.1) is 0 Å². The first kappa shape index (κ1) is 13.5. The van der Waals surface area contributed by atoms with Gasteiger partial charge in [-0.1, -0.05) is 12.1 Å². The molecule has 2 rings (SSSR count). The molecule has 0 fully saturated rings. The molecule has 0 amide bonds. The molecule has 0 atom stereocenters. The minimum atomic E-state index is -3.59. The third-order valence-electron chi connectivity index (χ3n) is 2.50. The van der Waals surface area contributed by atoms with E-state index in [4.69, 9.17) is 5.73 Å². The fourth-order valence-corrected chi connectivity index (χ4v) is 2.76. The van der Waals surface area contributed by atoms with E-state index in [0.717, 1.165) is 0 Å². The van der Waals surface area contributed by atoms with E-state index in [1.165, 1.54) is 6.07 Å². The van der Waals surface area contributed by atoms with Crippen molar-refractivity contribution >= 4 is 15.7 Å². The van der Waals surface area contributed by atoms with Crippen LogP contribution in [-0.4, -0.2) is 29.7 Å². The number of aryl methyl sites for hydroxylation is 1. The summed E-state index contributed by atoms with van der Waals surface area (Å²) in [6, 6.07) is 6.34. The number of sulfonamides is 1. The highest BCUT2D eigenvalue weighted by Crippen LogP contribution is 2.16. The van der Waals surface area contributed by atoms with Gasteiger partial charge in [0, 0.05) is 20.0 Å². The van der Waals surface area contributed by atoms with Crippen LogP contribution in [0.2, 0.25) is 0 Å². The van der Waals surface area contributed by atoms with Crippen molar-refractivity contribution in [2.45, 2.75) is 11.3 Å². The van der Waals surface area contributed by atoms with E-state index in [2.05, 4.69) is 14.8 Å². The zero-order valence-electron chi connectivity index (χ0n) is 10.4. The van der Waals surface area contributed by atoms with Crippen LogP contribution in [0.1, 0.15) is 5.82 Å². The van der Waals surface area contributed by atoms with Gasteiger partial charge in [0.05, 0.1) is 5.69 Å². The Labute approximate surface area is 111 Å². The number of benzene rings is 1. The summed E-state index contributed by atoms with van der Waals surface area (Å²) >= 11 is 0. The van der Waals surface area contributed by atoms with Crippen molar-refractivity contribution in [2.75, 3.05) is 12.3 Å². The zero-order valence-corrected chi connectivity index (χ0v) is 11.3. The van der Waals surface area contributed by atoms with Gasteiger partial charge in [0.1, 0.15) is 11.2 Å². The largest absolute Gasteiger partial charge is 0.398 e. The van der Waals surface area contributed by atoms with E-state index < -0.39 is 10.0 Å². The molecular weight excluding hydrogens is 266 g/mol. The van der Waals surface area contributed by atoms with Gasteiger partial charge in [-0.05, 0) is 12.1 Å². The van der Waals surface area contributed by atoms with E-state index in [1.807, 2.05) is 0 Å². The highest BCUT2D eigenvalue weighted by atomic mass is 32.2. The molecule has 0 aliphatic carbocycles. The molecule has 2 aromatic rings. The zero-order chi connectivity index (χ0) is 13.9. The predicted molar refractivity (Wildman–Crippen MR) is 70.7 cm³/mol. The van der Waals surface area contributed by atoms with Gasteiger partial charge in [-0.25, -0.2) is 18.1 Å². The maximum atomic E-state index is 12.0. The standard InChI is InChI=1S/C11H15N5O2S/c1-16-8-13-11(15-16)6-7-14-19(17,18)10-5-3-2-4-9(10)12/h2-5,8,14H,6-7,12H2,1H3. The van der Waals surface area contributed by atoms with Crippen LogP contribution in [0.5, 0.6) is 0 Å². The van der Waals surface area contributed by atoms with Gasteiger partial charge in [0.15, 0.2) is 5.82 Å². The SMILES string of the molecule is Cn1cnc(CCNS(=O)(=O)c2ccccc2N)n1. The summed E-state index contributed by atoms with van der Waals surface area (Å²) in [5.41, 5.74) is 5.87. The Balaban J connectivity index is 2.01. The molecule has 1 aromatic carbocycles. The summed E-state index contributed by atoms with van der Waals surface area (Å²) in [5.74, 6) is 0.589. The molecular formula is C11H15N5O2S. The van der Waals surface area contributed by atoms with Gasteiger partial charge < -0.3 is 5.73 Å². The van der Waals surface area contributed by atoms with Crippen LogP contribution in [0, 0.1) is 0 Å². The first-order valence-corrected chi connectivity index (χ1v) is 7.16. The Bertz CT molecular complexity index is 665. The predicted octanol–water partition coefficient (Wildman–Crippen LogP) is -0.0817. The lowest BCUT2D eigenvalue weighted by atomic mass is 10.3. The number of rotatable bonds is 5. The third-order valence-corrected chi connectivity index (χ3v) is 4.03. The second-order valence-corrected chi connectivity index (χ2v) is 5.76. The quantitative estimate of drug-likeness (QED) is 0.746. The highest BCUT2D eigenvalue weighted by Gasteiger charge is 2.16. The first-order chi connectivity index (χ1) is 8.99. The number of nitrogens with one attached hydrogen (secondary N) is 1. The van der Waals surface area contributed by atoms with Crippen LogP contribution >= 0.6 is 0 Å². The summed E-state index contributed by atoms with van der Waals surface area (Å²) < 4.78 is 28.1. The normalized spacial score (nSPS) is 11.6. The van der Waals surface area contributed by atoms with Crippen LogP contribution in [0.3, 0.4) is 0 Å². The fraction of sp³-hybridized carbons (Fsp3) is 0.273. The fourth-order valence-electron chi connectivity index (χ4n) is 1.60. The van der Waals surface area contributed by atoms with E-state index in [-0.39, 0.29) is 17.1 Å². The average Bonchev–Trinajstić information content (AvgIpc) is 2.75. The number of para-hydroxylation sites is 1. The highest BCUT2D eigenvalue weighted by molar-refractivity contribution is 7.89. The Hall–Kier alpha value is -1.93. The molecule has 1 aromatic heterocycles. The van der Waals surface area contributed by atoms with E-state index >= 15 is 0 Å². The van der Waals surface area contributed by atoms with Crippen LogP contribution in [0.4, 0.5) is 5.69 Å². The van der Waals surface area contributed by atoms with E-state index in [1.54, 1.807) is 36.3 Å². The molecule has 0 bridgehead atoms. The molecule has 0 unspecified atom stereocenters.